The number of rotatable bonds is 3. The number of methoxy groups -OCH3 is 2. The van der Waals surface area contributed by atoms with Crippen LogP contribution in [-0.4, -0.2) is 14.1 Å². The van der Waals surface area contributed by atoms with Crippen LogP contribution >= 0.6 is 0 Å². The Kier molecular flexibility index (Phi) is 2.13. The first-order chi connectivity index (χ1) is 7.46. The lowest BCUT2D eigenvalue weighted by molar-refractivity contribution is 0.355. The van der Waals surface area contributed by atoms with E-state index in [9.17, 15) is 0 Å². The summed E-state index contributed by atoms with van der Waals surface area (Å²) in [6, 6.07) is 5.07. The SMILES string of the molecule is [2H]C([2H])([2H])Oc1ccc(/C=C/C)cc1OC. The van der Waals surface area contributed by atoms with Gasteiger partial charge in [-0.25, -0.2) is 0 Å². The van der Waals surface area contributed by atoms with E-state index in [1.54, 1.807) is 18.2 Å². The Morgan fingerprint density at radius 3 is 2.77 bits per heavy atom. The van der Waals surface area contributed by atoms with E-state index in [1.807, 2.05) is 19.1 Å². The fourth-order valence-corrected chi connectivity index (χ4v) is 1.06. The molecule has 0 aromatic heterocycles. The highest BCUT2D eigenvalue weighted by Gasteiger charge is 2.01. The van der Waals surface area contributed by atoms with Gasteiger partial charge in [0.05, 0.1) is 18.3 Å². The monoisotopic (exact) mass is 181 g/mol. The molecular weight excluding hydrogens is 164 g/mol. The lowest BCUT2D eigenvalue weighted by Crippen LogP contribution is -1.90. The van der Waals surface area contributed by atoms with Gasteiger partial charge in [-0.2, -0.15) is 0 Å². The summed E-state index contributed by atoms with van der Waals surface area (Å²) in [5.41, 5.74) is 0.928. The van der Waals surface area contributed by atoms with E-state index in [0.717, 1.165) is 5.56 Å². The number of hydrogen-bond donors (Lipinski definition) is 0. The quantitative estimate of drug-likeness (QED) is 0.713. The van der Waals surface area contributed by atoms with Crippen molar-refractivity contribution in [2.24, 2.45) is 0 Å². The molecule has 2 heteroatoms. The maximum absolute atomic E-state index is 7.02. The van der Waals surface area contributed by atoms with Gasteiger partial charge in [0.2, 0.25) is 0 Å². The Hall–Kier alpha value is -1.44. The third-order valence-electron chi connectivity index (χ3n) is 1.66. The van der Waals surface area contributed by atoms with Crippen molar-refractivity contribution < 1.29 is 13.6 Å². The molecule has 0 aliphatic carbocycles. The molecule has 1 aromatic rings. The average molecular weight is 181 g/mol. The van der Waals surface area contributed by atoms with Crippen LogP contribution in [0, 0.1) is 0 Å². The Bertz CT molecular complexity index is 383. The first kappa shape index (κ1) is 6.08. The fourth-order valence-electron chi connectivity index (χ4n) is 1.06. The van der Waals surface area contributed by atoms with Crippen LogP contribution in [0.15, 0.2) is 24.3 Å². The fraction of sp³-hybridized carbons (Fsp3) is 0.273. The lowest BCUT2D eigenvalue weighted by Gasteiger charge is -2.07. The second-order valence-corrected chi connectivity index (χ2v) is 2.51. The zero-order chi connectivity index (χ0) is 12.2. The summed E-state index contributed by atoms with van der Waals surface area (Å²) >= 11 is 0. The first-order valence-corrected chi connectivity index (χ1v) is 3.96. The number of benzene rings is 1. The van der Waals surface area contributed by atoms with Crippen LogP contribution in [0.4, 0.5) is 0 Å². The molecule has 0 radical (unpaired) electrons. The minimum atomic E-state index is -2.46. The Balaban J connectivity index is 3.02. The van der Waals surface area contributed by atoms with Crippen LogP contribution in [0.3, 0.4) is 0 Å². The van der Waals surface area contributed by atoms with Crippen molar-refractivity contribution in [2.45, 2.75) is 6.92 Å². The topological polar surface area (TPSA) is 18.5 Å². The van der Waals surface area contributed by atoms with Crippen LogP contribution in [0.25, 0.3) is 6.08 Å². The van der Waals surface area contributed by atoms with Crippen LogP contribution in [0.5, 0.6) is 11.5 Å². The molecule has 2 nitrogen and oxygen atoms in total. The summed E-state index contributed by atoms with van der Waals surface area (Å²) in [6.07, 6.45) is 3.78. The predicted molar refractivity (Wildman–Crippen MR) is 54.3 cm³/mol. The largest absolute Gasteiger partial charge is 0.493 e. The zero-order valence-corrected chi connectivity index (χ0v) is 7.70. The summed E-state index contributed by atoms with van der Waals surface area (Å²) in [5.74, 6) is 0.627. The van der Waals surface area contributed by atoms with E-state index in [2.05, 4.69) is 0 Å². The molecule has 0 spiro atoms. The first-order valence-electron chi connectivity index (χ1n) is 5.46. The van der Waals surface area contributed by atoms with Gasteiger partial charge in [0.15, 0.2) is 11.5 Å². The molecule has 13 heavy (non-hydrogen) atoms. The van der Waals surface area contributed by atoms with E-state index >= 15 is 0 Å². The normalized spacial score (nSPS) is 14.8. The third-order valence-corrected chi connectivity index (χ3v) is 1.66. The van der Waals surface area contributed by atoms with Gasteiger partial charge in [0.25, 0.3) is 0 Å². The highest BCUT2D eigenvalue weighted by atomic mass is 16.5. The molecule has 70 valence electrons. The second kappa shape index (κ2) is 4.55. The summed E-state index contributed by atoms with van der Waals surface area (Å²) in [6.45, 7) is 1.90. The Morgan fingerprint density at radius 1 is 1.31 bits per heavy atom. The maximum atomic E-state index is 7.02. The molecule has 0 unspecified atom stereocenters. The van der Waals surface area contributed by atoms with Crippen molar-refractivity contribution in [3.05, 3.63) is 29.8 Å². The number of allylic oxidation sites excluding steroid dienone is 1. The molecule has 0 amide bonds. The van der Waals surface area contributed by atoms with Crippen molar-refractivity contribution in [2.75, 3.05) is 14.1 Å². The van der Waals surface area contributed by atoms with Gasteiger partial charge in [-0.3, -0.25) is 0 Å². The number of ether oxygens (including phenoxy) is 2. The van der Waals surface area contributed by atoms with E-state index in [-0.39, 0.29) is 5.75 Å². The molecule has 1 aromatic carbocycles. The van der Waals surface area contributed by atoms with Crippen LogP contribution in [0.1, 0.15) is 16.6 Å². The molecule has 0 N–H and O–H groups in total. The van der Waals surface area contributed by atoms with Gasteiger partial charge < -0.3 is 9.47 Å². The van der Waals surface area contributed by atoms with Gasteiger partial charge >= 0.3 is 0 Å². The molecule has 0 heterocycles. The molecule has 0 saturated carbocycles. The van der Waals surface area contributed by atoms with Crippen molar-refractivity contribution in [3.8, 4) is 11.5 Å². The maximum Gasteiger partial charge on any atom is 0.161 e. The molecule has 0 aliphatic heterocycles. The highest BCUT2D eigenvalue weighted by Crippen LogP contribution is 2.27. The Morgan fingerprint density at radius 2 is 2.15 bits per heavy atom. The minimum absolute atomic E-state index is 0.218. The van der Waals surface area contributed by atoms with Crippen molar-refractivity contribution in [1.29, 1.82) is 0 Å². The second-order valence-electron chi connectivity index (χ2n) is 2.51. The van der Waals surface area contributed by atoms with E-state index < -0.39 is 7.04 Å². The number of hydrogen-bond acceptors (Lipinski definition) is 2. The van der Waals surface area contributed by atoms with Crippen LogP contribution < -0.4 is 9.47 Å². The highest BCUT2D eigenvalue weighted by molar-refractivity contribution is 5.55. The lowest BCUT2D eigenvalue weighted by atomic mass is 10.2. The van der Waals surface area contributed by atoms with Gasteiger partial charge in [0.1, 0.15) is 0 Å². The van der Waals surface area contributed by atoms with E-state index in [4.69, 9.17) is 13.6 Å². The van der Waals surface area contributed by atoms with E-state index in [0.29, 0.717) is 5.75 Å². The van der Waals surface area contributed by atoms with Crippen LogP contribution in [-0.2, 0) is 0 Å². The average Bonchev–Trinajstić information content (AvgIpc) is 2.18. The molecule has 1 rings (SSSR count). The van der Waals surface area contributed by atoms with Gasteiger partial charge in [-0.15, -0.1) is 0 Å². The van der Waals surface area contributed by atoms with Crippen molar-refractivity contribution >= 4 is 6.08 Å². The van der Waals surface area contributed by atoms with Crippen molar-refractivity contribution in [3.63, 3.8) is 0 Å². The van der Waals surface area contributed by atoms with Gasteiger partial charge in [-0.1, -0.05) is 18.2 Å². The smallest absolute Gasteiger partial charge is 0.161 e. The Labute approximate surface area is 83.0 Å². The van der Waals surface area contributed by atoms with Gasteiger partial charge in [-0.05, 0) is 24.6 Å². The molecule has 0 aliphatic rings. The van der Waals surface area contributed by atoms with Crippen molar-refractivity contribution in [1.82, 2.24) is 0 Å². The summed E-state index contributed by atoms with van der Waals surface area (Å²) in [4.78, 5) is 0. The molecule has 0 fully saturated rings. The molecule has 0 bridgehead atoms. The molecule has 0 atom stereocenters. The van der Waals surface area contributed by atoms with Crippen LogP contribution in [0.2, 0.25) is 0 Å². The van der Waals surface area contributed by atoms with E-state index in [1.165, 1.54) is 7.11 Å². The standard InChI is InChI=1S/C11H14O2/c1-4-5-9-6-7-10(12-2)11(8-9)13-3/h4-8H,1-3H3/b5-4+/i2D3. The summed E-state index contributed by atoms with van der Waals surface area (Å²) in [5, 5.41) is 0. The molecular formula is C11H14O2. The summed E-state index contributed by atoms with van der Waals surface area (Å²) in [7, 11) is -0.990. The third kappa shape index (κ3) is 2.25. The van der Waals surface area contributed by atoms with Gasteiger partial charge in [0, 0.05) is 0 Å². The molecule has 0 saturated heterocycles. The summed E-state index contributed by atoms with van der Waals surface area (Å²) < 4.78 is 30.9. The minimum Gasteiger partial charge on any atom is -0.493 e. The zero-order valence-electron chi connectivity index (χ0n) is 10.7. The predicted octanol–water partition coefficient (Wildman–Crippen LogP) is 2.74.